The van der Waals surface area contributed by atoms with Crippen molar-refractivity contribution in [3.05, 3.63) is 47.0 Å². The third-order valence-corrected chi connectivity index (χ3v) is 2.94. The summed E-state index contributed by atoms with van der Waals surface area (Å²) in [5.74, 6) is 0.0270. The lowest BCUT2D eigenvalue weighted by atomic mass is 10.0. The minimum atomic E-state index is -1.10. The van der Waals surface area contributed by atoms with Crippen LogP contribution >= 0.6 is 0 Å². The van der Waals surface area contributed by atoms with Crippen LogP contribution in [0.2, 0.25) is 0 Å². The number of rotatable bonds is 3. The molecule has 0 amide bonds. The van der Waals surface area contributed by atoms with Crippen LogP contribution in [0.3, 0.4) is 0 Å². The van der Waals surface area contributed by atoms with Crippen molar-refractivity contribution in [1.29, 1.82) is 0 Å². The molecule has 0 saturated heterocycles. The standard InChI is InChI=1S/C13H15FN2O2/c1-8-5-4-6-9(11(8)14)13(17)12-10(18-3)7-15-16(12)2/h4-7,13,17H,1-3H3. The second-order valence-corrected chi connectivity index (χ2v) is 4.10. The lowest BCUT2D eigenvalue weighted by molar-refractivity contribution is 0.199. The Hall–Kier alpha value is -1.88. The molecular weight excluding hydrogens is 235 g/mol. The zero-order valence-corrected chi connectivity index (χ0v) is 10.5. The van der Waals surface area contributed by atoms with E-state index in [9.17, 15) is 9.50 Å². The lowest BCUT2D eigenvalue weighted by Crippen LogP contribution is -2.10. The molecule has 96 valence electrons. The fourth-order valence-corrected chi connectivity index (χ4v) is 1.92. The fraction of sp³-hybridized carbons (Fsp3) is 0.308. The van der Waals surface area contributed by atoms with Gasteiger partial charge in [-0.3, -0.25) is 4.68 Å². The van der Waals surface area contributed by atoms with Crippen LogP contribution < -0.4 is 4.74 Å². The summed E-state index contributed by atoms with van der Waals surface area (Å²) in [5.41, 5.74) is 1.14. The molecule has 0 bridgehead atoms. The maximum atomic E-state index is 14.0. The topological polar surface area (TPSA) is 47.3 Å². The number of nitrogens with zero attached hydrogens (tertiary/aromatic N) is 2. The van der Waals surface area contributed by atoms with Crippen molar-refractivity contribution in [2.24, 2.45) is 7.05 Å². The highest BCUT2D eigenvalue weighted by Crippen LogP contribution is 2.31. The summed E-state index contributed by atoms with van der Waals surface area (Å²) in [6, 6.07) is 4.92. The van der Waals surface area contributed by atoms with E-state index in [4.69, 9.17) is 4.74 Å². The van der Waals surface area contributed by atoms with Crippen LogP contribution in [0, 0.1) is 12.7 Å². The van der Waals surface area contributed by atoms with E-state index in [1.807, 2.05) is 0 Å². The molecule has 1 unspecified atom stereocenters. The van der Waals surface area contributed by atoms with E-state index in [1.54, 1.807) is 32.2 Å². The number of aliphatic hydroxyl groups is 1. The molecule has 0 aliphatic rings. The number of benzene rings is 1. The summed E-state index contributed by atoms with van der Waals surface area (Å²) in [7, 11) is 3.16. The molecule has 2 aromatic rings. The quantitative estimate of drug-likeness (QED) is 0.905. The predicted molar refractivity (Wildman–Crippen MR) is 65.0 cm³/mol. The number of aromatic nitrogens is 2. The summed E-state index contributed by atoms with van der Waals surface area (Å²) in [5, 5.41) is 14.3. The highest BCUT2D eigenvalue weighted by Gasteiger charge is 2.23. The number of aliphatic hydroxyl groups excluding tert-OH is 1. The van der Waals surface area contributed by atoms with Gasteiger partial charge in [0.2, 0.25) is 0 Å². The van der Waals surface area contributed by atoms with E-state index in [1.165, 1.54) is 18.0 Å². The Morgan fingerprint density at radius 2 is 2.17 bits per heavy atom. The number of aryl methyl sites for hydroxylation is 2. The Morgan fingerprint density at radius 3 is 2.83 bits per heavy atom. The van der Waals surface area contributed by atoms with Crippen LogP contribution in [0.4, 0.5) is 4.39 Å². The molecule has 2 rings (SSSR count). The number of methoxy groups -OCH3 is 1. The van der Waals surface area contributed by atoms with Gasteiger partial charge in [-0.1, -0.05) is 18.2 Å². The Kier molecular flexibility index (Phi) is 3.34. The molecule has 0 aliphatic carbocycles. The first-order valence-electron chi connectivity index (χ1n) is 5.55. The first-order valence-corrected chi connectivity index (χ1v) is 5.55. The first kappa shape index (κ1) is 12.6. The molecule has 1 aromatic heterocycles. The maximum absolute atomic E-state index is 14.0. The molecule has 18 heavy (non-hydrogen) atoms. The summed E-state index contributed by atoms with van der Waals surface area (Å²) in [6.07, 6.45) is 0.388. The van der Waals surface area contributed by atoms with E-state index in [0.29, 0.717) is 17.0 Å². The first-order chi connectivity index (χ1) is 8.56. The van der Waals surface area contributed by atoms with Crippen molar-refractivity contribution in [2.45, 2.75) is 13.0 Å². The average Bonchev–Trinajstić information content (AvgIpc) is 2.73. The number of halogens is 1. The lowest BCUT2D eigenvalue weighted by Gasteiger charge is -2.15. The molecule has 1 atom stereocenters. The Bertz CT molecular complexity index is 566. The second kappa shape index (κ2) is 4.78. The van der Waals surface area contributed by atoms with E-state index < -0.39 is 11.9 Å². The maximum Gasteiger partial charge on any atom is 0.162 e. The van der Waals surface area contributed by atoms with E-state index >= 15 is 0 Å². The third kappa shape index (κ3) is 1.97. The van der Waals surface area contributed by atoms with Crippen molar-refractivity contribution < 1.29 is 14.2 Å². The SMILES string of the molecule is COc1cnn(C)c1C(O)c1cccc(C)c1F. The van der Waals surface area contributed by atoms with Gasteiger partial charge in [-0.15, -0.1) is 0 Å². The van der Waals surface area contributed by atoms with E-state index in [2.05, 4.69) is 5.10 Å². The minimum Gasteiger partial charge on any atom is -0.493 e. The van der Waals surface area contributed by atoms with Gasteiger partial charge in [0.25, 0.3) is 0 Å². The van der Waals surface area contributed by atoms with E-state index in [-0.39, 0.29) is 5.56 Å². The molecule has 0 radical (unpaired) electrons. The smallest absolute Gasteiger partial charge is 0.162 e. The largest absolute Gasteiger partial charge is 0.493 e. The highest BCUT2D eigenvalue weighted by atomic mass is 19.1. The molecule has 0 saturated carbocycles. The fourth-order valence-electron chi connectivity index (χ4n) is 1.92. The molecule has 0 spiro atoms. The van der Waals surface area contributed by atoms with Gasteiger partial charge in [-0.2, -0.15) is 5.10 Å². The Labute approximate surface area is 105 Å². The van der Waals surface area contributed by atoms with Gasteiger partial charge >= 0.3 is 0 Å². The zero-order chi connectivity index (χ0) is 13.3. The van der Waals surface area contributed by atoms with Crippen molar-refractivity contribution in [3.8, 4) is 5.75 Å². The van der Waals surface area contributed by atoms with Gasteiger partial charge in [0, 0.05) is 12.6 Å². The van der Waals surface area contributed by atoms with Crippen LogP contribution in [0.15, 0.2) is 24.4 Å². The van der Waals surface area contributed by atoms with Crippen molar-refractivity contribution in [2.75, 3.05) is 7.11 Å². The highest BCUT2D eigenvalue weighted by molar-refractivity contribution is 5.37. The van der Waals surface area contributed by atoms with Crippen LogP contribution in [0.25, 0.3) is 0 Å². The Morgan fingerprint density at radius 1 is 1.44 bits per heavy atom. The molecule has 1 N–H and O–H groups in total. The molecule has 4 nitrogen and oxygen atoms in total. The normalized spacial score (nSPS) is 12.5. The van der Waals surface area contributed by atoms with Crippen molar-refractivity contribution in [1.82, 2.24) is 9.78 Å². The summed E-state index contributed by atoms with van der Waals surface area (Å²) in [4.78, 5) is 0. The van der Waals surface area contributed by atoms with Crippen molar-refractivity contribution in [3.63, 3.8) is 0 Å². The summed E-state index contributed by atoms with van der Waals surface area (Å²) >= 11 is 0. The molecule has 1 aromatic carbocycles. The van der Waals surface area contributed by atoms with E-state index in [0.717, 1.165) is 0 Å². The van der Waals surface area contributed by atoms with Crippen LogP contribution in [-0.2, 0) is 7.05 Å². The molecular formula is C13H15FN2O2. The van der Waals surface area contributed by atoms with Gasteiger partial charge in [0.15, 0.2) is 5.75 Å². The monoisotopic (exact) mass is 250 g/mol. The average molecular weight is 250 g/mol. The second-order valence-electron chi connectivity index (χ2n) is 4.10. The minimum absolute atomic E-state index is 0.219. The molecule has 1 heterocycles. The predicted octanol–water partition coefficient (Wildman–Crippen LogP) is 1.96. The number of hydrogen-bond acceptors (Lipinski definition) is 3. The van der Waals surface area contributed by atoms with Crippen LogP contribution in [0.5, 0.6) is 5.75 Å². The van der Waals surface area contributed by atoms with Gasteiger partial charge in [-0.05, 0) is 12.5 Å². The summed E-state index contributed by atoms with van der Waals surface area (Å²) < 4.78 is 20.6. The molecule has 0 aliphatic heterocycles. The summed E-state index contributed by atoms with van der Waals surface area (Å²) in [6.45, 7) is 1.66. The number of ether oxygens (including phenoxy) is 1. The van der Waals surface area contributed by atoms with Crippen LogP contribution in [0.1, 0.15) is 22.9 Å². The molecule has 0 fully saturated rings. The van der Waals surface area contributed by atoms with Gasteiger partial charge in [0.05, 0.1) is 13.3 Å². The van der Waals surface area contributed by atoms with Gasteiger partial charge < -0.3 is 9.84 Å². The Balaban J connectivity index is 2.51. The molecule has 5 heteroatoms. The van der Waals surface area contributed by atoms with Crippen molar-refractivity contribution >= 4 is 0 Å². The van der Waals surface area contributed by atoms with Gasteiger partial charge in [-0.25, -0.2) is 4.39 Å². The van der Waals surface area contributed by atoms with Crippen LogP contribution in [-0.4, -0.2) is 22.0 Å². The third-order valence-electron chi connectivity index (χ3n) is 2.94. The zero-order valence-electron chi connectivity index (χ0n) is 10.5. The number of hydrogen-bond donors (Lipinski definition) is 1. The van der Waals surface area contributed by atoms with Gasteiger partial charge in [0.1, 0.15) is 17.6 Å².